The molecule has 0 fully saturated rings. The van der Waals surface area contributed by atoms with E-state index in [0.29, 0.717) is 5.92 Å². The highest BCUT2D eigenvalue weighted by Crippen LogP contribution is 2.11. The van der Waals surface area contributed by atoms with E-state index in [4.69, 9.17) is 5.84 Å². The molecule has 0 aromatic heterocycles. The molecule has 0 radical (unpaired) electrons. The zero-order chi connectivity index (χ0) is 8.85. The molecular weight excluding hydrogens is 136 g/mol. The average Bonchev–Trinajstić information content (AvgIpc) is 1.87. The molecule has 0 aromatic carbocycles. The van der Waals surface area contributed by atoms with Gasteiger partial charge in [0.15, 0.2) is 0 Å². The lowest BCUT2D eigenvalue weighted by Gasteiger charge is -2.20. The summed E-state index contributed by atoms with van der Waals surface area (Å²) in [5, 5.41) is 1.71. The molecule has 0 saturated heterocycles. The van der Waals surface area contributed by atoms with Crippen molar-refractivity contribution in [1.29, 1.82) is 0 Å². The lowest BCUT2D eigenvalue weighted by molar-refractivity contribution is 0.388. The Balaban J connectivity index is 4.09. The van der Waals surface area contributed by atoms with Gasteiger partial charge in [0.2, 0.25) is 0 Å². The van der Waals surface area contributed by atoms with Gasteiger partial charge in [-0.15, -0.1) is 0 Å². The van der Waals surface area contributed by atoms with Gasteiger partial charge >= 0.3 is 0 Å². The number of allylic oxidation sites excluding steroid dienone is 2. The number of unbranched alkanes of at least 4 members (excludes halogenated alkanes) is 1. The zero-order valence-corrected chi connectivity index (χ0v) is 8.09. The maximum atomic E-state index is 5.64. The van der Waals surface area contributed by atoms with Crippen LogP contribution < -0.4 is 5.84 Å². The van der Waals surface area contributed by atoms with Crippen LogP contribution >= 0.6 is 0 Å². The van der Waals surface area contributed by atoms with Crippen LogP contribution in [0.2, 0.25) is 0 Å². The molecule has 0 atom stereocenters. The van der Waals surface area contributed by atoms with E-state index in [9.17, 15) is 0 Å². The van der Waals surface area contributed by atoms with E-state index in [1.165, 1.54) is 12.1 Å². The van der Waals surface area contributed by atoms with Gasteiger partial charge in [-0.05, 0) is 12.3 Å². The minimum absolute atomic E-state index is 0.525. The smallest absolute Gasteiger partial charge is 0.0273 e. The molecule has 0 heterocycles. The summed E-state index contributed by atoms with van der Waals surface area (Å²) in [6.07, 6.45) is 4.52. The van der Waals surface area contributed by atoms with Gasteiger partial charge in [0.05, 0.1) is 0 Å². The molecule has 66 valence electrons. The lowest BCUT2D eigenvalue weighted by Crippen LogP contribution is -2.27. The molecule has 0 spiro atoms. The van der Waals surface area contributed by atoms with Crippen molar-refractivity contribution >= 4 is 0 Å². The molecule has 0 aromatic rings. The Morgan fingerprint density at radius 3 is 2.36 bits per heavy atom. The third kappa shape index (κ3) is 4.04. The van der Waals surface area contributed by atoms with Crippen LogP contribution in [0.1, 0.15) is 33.6 Å². The van der Waals surface area contributed by atoms with Gasteiger partial charge in [0.25, 0.3) is 0 Å². The molecule has 0 aliphatic heterocycles. The third-order valence-corrected chi connectivity index (χ3v) is 1.64. The Morgan fingerprint density at radius 2 is 2.09 bits per heavy atom. The molecular formula is C9H20N2. The van der Waals surface area contributed by atoms with Crippen LogP contribution in [0.3, 0.4) is 0 Å². The Labute approximate surface area is 70.0 Å². The highest BCUT2D eigenvalue weighted by molar-refractivity contribution is 5.01. The second kappa shape index (κ2) is 5.19. The molecule has 2 nitrogen and oxygen atoms in total. The van der Waals surface area contributed by atoms with E-state index < -0.39 is 0 Å². The topological polar surface area (TPSA) is 29.3 Å². The number of hydrogen-bond acceptors (Lipinski definition) is 2. The largest absolute Gasteiger partial charge is 0.318 e. The maximum absolute atomic E-state index is 5.64. The molecule has 2 N–H and O–H groups in total. The first-order chi connectivity index (χ1) is 5.09. The normalized spacial score (nSPS) is 12.4. The first-order valence-electron chi connectivity index (χ1n) is 4.28. The predicted octanol–water partition coefficient (Wildman–Crippen LogP) is 2.13. The van der Waals surface area contributed by atoms with Crippen molar-refractivity contribution in [3.63, 3.8) is 0 Å². The molecule has 2 heteroatoms. The van der Waals surface area contributed by atoms with Crippen molar-refractivity contribution in [2.24, 2.45) is 11.8 Å². The summed E-state index contributed by atoms with van der Waals surface area (Å²) in [4.78, 5) is 0. The van der Waals surface area contributed by atoms with E-state index in [-0.39, 0.29) is 0 Å². The van der Waals surface area contributed by atoms with E-state index in [1.807, 2.05) is 7.05 Å². The first kappa shape index (κ1) is 10.5. The third-order valence-electron chi connectivity index (χ3n) is 1.64. The fourth-order valence-corrected chi connectivity index (χ4v) is 1.08. The van der Waals surface area contributed by atoms with E-state index in [1.54, 1.807) is 5.01 Å². The van der Waals surface area contributed by atoms with Crippen molar-refractivity contribution in [2.75, 3.05) is 7.05 Å². The molecule has 11 heavy (non-hydrogen) atoms. The fraction of sp³-hybridized carbons (Fsp3) is 0.778. The Bertz CT molecular complexity index is 116. The van der Waals surface area contributed by atoms with Crippen molar-refractivity contribution in [2.45, 2.75) is 33.6 Å². The Hall–Kier alpha value is -0.500. The van der Waals surface area contributed by atoms with Crippen molar-refractivity contribution in [3.05, 3.63) is 11.8 Å². The van der Waals surface area contributed by atoms with E-state index in [0.717, 1.165) is 6.42 Å². The Kier molecular flexibility index (Phi) is 4.95. The zero-order valence-electron chi connectivity index (χ0n) is 8.09. The highest BCUT2D eigenvalue weighted by atomic mass is 15.4. The summed E-state index contributed by atoms with van der Waals surface area (Å²) in [6.45, 7) is 6.49. The molecule has 0 bridgehead atoms. The van der Waals surface area contributed by atoms with Crippen LogP contribution in [-0.2, 0) is 0 Å². The molecule has 0 amide bonds. The molecule has 0 aliphatic rings. The van der Waals surface area contributed by atoms with Crippen LogP contribution in [0.5, 0.6) is 0 Å². The van der Waals surface area contributed by atoms with Gasteiger partial charge in [-0.25, -0.2) is 5.84 Å². The summed E-state index contributed by atoms with van der Waals surface area (Å²) in [7, 11) is 1.89. The monoisotopic (exact) mass is 156 g/mol. The van der Waals surface area contributed by atoms with E-state index in [2.05, 4.69) is 26.8 Å². The molecule has 0 aliphatic carbocycles. The van der Waals surface area contributed by atoms with Crippen molar-refractivity contribution in [3.8, 4) is 0 Å². The minimum atomic E-state index is 0.525. The van der Waals surface area contributed by atoms with Crippen LogP contribution in [0, 0.1) is 5.92 Å². The lowest BCUT2D eigenvalue weighted by atomic mass is 10.1. The van der Waals surface area contributed by atoms with Crippen molar-refractivity contribution in [1.82, 2.24) is 5.01 Å². The van der Waals surface area contributed by atoms with Crippen LogP contribution in [-0.4, -0.2) is 12.1 Å². The molecule has 0 saturated carbocycles. The average molecular weight is 156 g/mol. The van der Waals surface area contributed by atoms with Gasteiger partial charge in [0.1, 0.15) is 0 Å². The van der Waals surface area contributed by atoms with Gasteiger partial charge in [0, 0.05) is 12.7 Å². The summed E-state index contributed by atoms with van der Waals surface area (Å²) >= 11 is 0. The minimum Gasteiger partial charge on any atom is -0.318 e. The van der Waals surface area contributed by atoms with E-state index >= 15 is 0 Å². The van der Waals surface area contributed by atoms with Gasteiger partial charge in [-0.2, -0.15) is 0 Å². The number of nitrogens with two attached hydrogens (primary N) is 1. The number of nitrogens with zero attached hydrogens (tertiary/aromatic N) is 1. The van der Waals surface area contributed by atoms with Crippen molar-refractivity contribution < 1.29 is 0 Å². The summed E-state index contributed by atoms with van der Waals surface area (Å²) < 4.78 is 0. The van der Waals surface area contributed by atoms with Crippen LogP contribution in [0.25, 0.3) is 0 Å². The standard InChI is InChI=1S/C9H20N2/c1-5-6-7-9(8(2)3)11(4)10/h7-8H,5-6,10H2,1-4H3/b9-7-. The molecule has 0 unspecified atom stereocenters. The fourth-order valence-electron chi connectivity index (χ4n) is 1.08. The van der Waals surface area contributed by atoms with Gasteiger partial charge in [-0.3, -0.25) is 0 Å². The summed E-state index contributed by atoms with van der Waals surface area (Å²) in [5.74, 6) is 6.17. The highest BCUT2D eigenvalue weighted by Gasteiger charge is 2.03. The summed E-state index contributed by atoms with van der Waals surface area (Å²) in [6, 6.07) is 0. The summed E-state index contributed by atoms with van der Waals surface area (Å²) in [5.41, 5.74) is 1.23. The van der Waals surface area contributed by atoms with Gasteiger partial charge in [-0.1, -0.05) is 33.3 Å². The number of hydrazine groups is 1. The van der Waals surface area contributed by atoms with Gasteiger partial charge < -0.3 is 5.01 Å². The number of hydrogen-bond donors (Lipinski definition) is 1. The quantitative estimate of drug-likeness (QED) is 0.499. The van der Waals surface area contributed by atoms with Crippen LogP contribution in [0.4, 0.5) is 0 Å². The number of rotatable bonds is 4. The second-order valence-corrected chi connectivity index (χ2v) is 3.18. The Morgan fingerprint density at radius 1 is 1.55 bits per heavy atom. The maximum Gasteiger partial charge on any atom is 0.0273 e. The molecule has 0 rings (SSSR count). The van der Waals surface area contributed by atoms with Crippen LogP contribution in [0.15, 0.2) is 11.8 Å². The first-order valence-corrected chi connectivity index (χ1v) is 4.28. The predicted molar refractivity (Wildman–Crippen MR) is 49.8 cm³/mol. The SMILES string of the molecule is CCC/C=C(/C(C)C)N(C)N. The second-order valence-electron chi connectivity index (χ2n) is 3.18.